The monoisotopic (exact) mass is 245 g/mol. The van der Waals surface area contributed by atoms with Gasteiger partial charge in [0.15, 0.2) is 0 Å². The van der Waals surface area contributed by atoms with Crippen molar-refractivity contribution < 1.29 is 9.50 Å². The molecule has 0 aliphatic carbocycles. The van der Waals surface area contributed by atoms with Gasteiger partial charge in [-0.15, -0.1) is 0 Å². The third-order valence-corrected chi connectivity index (χ3v) is 2.89. The fourth-order valence-electron chi connectivity index (χ4n) is 1.82. The Morgan fingerprint density at radius 1 is 1.00 bits per heavy atom. The largest absolute Gasteiger partial charge is 0.384 e. The molecule has 3 heteroatoms. The van der Waals surface area contributed by atoms with Gasteiger partial charge < -0.3 is 10.0 Å². The molecule has 0 unspecified atom stereocenters. The topological polar surface area (TPSA) is 23.5 Å². The van der Waals surface area contributed by atoms with Gasteiger partial charge in [-0.1, -0.05) is 24.3 Å². The van der Waals surface area contributed by atoms with E-state index in [1.807, 2.05) is 43.3 Å². The highest BCUT2D eigenvalue weighted by molar-refractivity contribution is 5.47. The number of hydrogen-bond donors (Lipinski definition) is 1. The maximum atomic E-state index is 13.1. The zero-order valence-corrected chi connectivity index (χ0v) is 10.5. The van der Waals surface area contributed by atoms with Crippen LogP contribution in [-0.2, 0) is 0 Å². The molecule has 0 saturated carbocycles. The zero-order valence-electron chi connectivity index (χ0n) is 10.5. The predicted octanol–water partition coefficient (Wildman–Crippen LogP) is 2.97. The Balaban J connectivity index is 2.26. The molecule has 0 fully saturated rings. The maximum absolute atomic E-state index is 13.1. The van der Waals surface area contributed by atoms with Gasteiger partial charge in [0.25, 0.3) is 0 Å². The first kappa shape index (κ1) is 12.6. The SMILES string of the molecule is CN(C)c1ccc([C@H](O)c2cccc(F)c2)cc1. The molecule has 0 amide bonds. The molecule has 2 rings (SSSR count). The summed E-state index contributed by atoms with van der Waals surface area (Å²) < 4.78 is 13.1. The van der Waals surface area contributed by atoms with E-state index in [-0.39, 0.29) is 5.82 Å². The van der Waals surface area contributed by atoms with Crippen molar-refractivity contribution in [3.63, 3.8) is 0 Å². The Kier molecular flexibility index (Phi) is 3.63. The first-order chi connectivity index (χ1) is 8.58. The van der Waals surface area contributed by atoms with Crippen LogP contribution in [0.3, 0.4) is 0 Å². The molecule has 2 nitrogen and oxygen atoms in total. The summed E-state index contributed by atoms with van der Waals surface area (Å²) in [6.45, 7) is 0. The molecule has 0 heterocycles. The summed E-state index contributed by atoms with van der Waals surface area (Å²) in [7, 11) is 3.91. The number of benzene rings is 2. The molecule has 1 N–H and O–H groups in total. The highest BCUT2D eigenvalue weighted by Gasteiger charge is 2.11. The van der Waals surface area contributed by atoms with E-state index in [1.165, 1.54) is 12.1 Å². The Morgan fingerprint density at radius 3 is 2.22 bits per heavy atom. The fraction of sp³-hybridized carbons (Fsp3) is 0.200. The average molecular weight is 245 g/mol. The van der Waals surface area contributed by atoms with Crippen molar-refractivity contribution in [2.75, 3.05) is 19.0 Å². The molecule has 0 spiro atoms. The van der Waals surface area contributed by atoms with E-state index in [9.17, 15) is 9.50 Å². The Morgan fingerprint density at radius 2 is 1.67 bits per heavy atom. The molecule has 0 aliphatic rings. The fourth-order valence-corrected chi connectivity index (χ4v) is 1.82. The molecule has 94 valence electrons. The number of nitrogens with zero attached hydrogens (tertiary/aromatic N) is 1. The van der Waals surface area contributed by atoms with E-state index < -0.39 is 6.10 Å². The van der Waals surface area contributed by atoms with Gasteiger partial charge in [-0.2, -0.15) is 0 Å². The van der Waals surface area contributed by atoms with Crippen molar-refractivity contribution in [3.8, 4) is 0 Å². The van der Waals surface area contributed by atoms with Gasteiger partial charge in [0, 0.05) is 19.8 Å². The quantitative estimate of drug-likeness (QED) is 0.898. The van der Waals surface area contributed by atoms with Crippen LogP contribution in [0.5, 0.6) is 0 Å². The van der Waals surface area contributed by atoms with Crippen molar-refractivity contribution >= 4 is 5.69 Å². The van der Waals surface area contributed by atoms with E-state index in [0.717, 1.165) is 11.3 Å². The highest BCUT2D eigenvalue weighted by Crippen LogP contribution is 2.24. The van der Waals surface area contributed by atoms with E-state index in [4.69, 9.17) is 0 Å². The minimum absolute atomic E-state index is 0.337. The van der Waals surface area contributed by atoms with Crippen molar-refractivity contribution in [1.82, 2.24) is 0 Å². The first-order valence-electron chi connectivity index (χ1n) is 5.79. The van der Waals surface area contributed by atoms with Crippen LogP contribution in [0.1, 0.15) is 17.2 Å². The lowest BCUT2D eigenvalue weighted by molar-refractivity contribution is 0.220. The van der Waals surface area contributed by atoms with E-state index in [2.05, 4.69) is 0 Å². The molecule has 0 aromatic heterocycles. The van der Waals surface area contributed by atoms with Gasteiger partial charge in [0.2, 0.25) is 0 Å². The summed E-state index contributed by atoms with van der Waals surface area (Å²) in [5.41, 5.74) is 2.38. The van der Waals surface area contributed by atoms with E-state index in [0.29, 0.717) is 5.56 Å². The summed E-state index contributed by atoms with van der Waals surface area (Å²) in [5.74, 6) is -0.337. The first-order valence-corrected chi connectivity index (χ1v) is 5.79. The average Bonchev–Trinajstić information content (AvgIpc) is 2.38. The summed E-state index contributed by atoms with van der Waals surface area (Å²) in [5, 5.41) is 10.2. The van der Waals surface area contributed by atoms with E-state index in [1.54, 1.807) is 12.1 Å². The molecule has 0 radical (unpaired) electrons. The number of rotatable bonds is 3. The predicted molar refractivity (Wildman–Crippen MR) is 71.2 cm³/mol. The Bertz CT molecular complexity index is 522. The summed E-state index contributed by atoms with van der Waals surface area (Å²) >= 11 is 0. The zero-order chi connectivity index (χ0) is 13.1. The second-order valence-electron chi connectivity index (χ2n) is 4.44. The van der Waals surface area contributed by atoms with Gasteiger partial charge in [0.1, 0.15) is 11.9 Å². The lowest BCUT2D eigenvalue weighted by atomic mass is 10.0. The third kappa shape index (κ3) is 2.68. The van der Waals surface area contributed by atoms with Crippen molar-refractivity contribution in [2.24, 2.45) is 0 Å². The number of halogens is 1. The minimum atomic E-state index is -0.795. The van der Waals surface area contributed by atoms with E-state index >= 15 is 0 Å². The number of aliphatic hydroxyl groups excluding tert-OH is 1. The highest BCUT2D eigenvalue weighted by atomic mass is 19.1. The summed E-state index contributed by atoms with van der Waals surface area (Å²) in [6, 6.07) is 13.6. The normalized spacial score (nSPS) is 12.2. The molecule has 0 saturated heterocycles. The molecular weight excluding hydrogens is 229 g/mol. The van der Waals surface area contributed by atoms with Crippen molar-refractivity contribution in [1.29, 1.82) is 0 Å². The molecule has 2 aromatic carbocycles. The van der Waals surface area contributed by atoms with Gasteiger partial charge in [0.05, 0.1) is 0 Å². The number of hydrogen-bond acceptors (Lipinski definition) is 2. The molecular formula is C15H16FNO. The van der Waals surface area contributed by atoms with Crippen molar-refractivity contribution in [3.05, 3.63) is 65.5 Å². The van der Waals surface area contributed by atoms with Crippen LogP contribution >= 0.6 is 0 Å². The number of anilines is 1. The standard InChI is InChI=1S/C15H16FNO/c1-17(2)14-8-6-11(7-9-14)15(18)12-4-3-5-13(16)10-12/h3-10,15,18H,1-2H3/t15-/m0/s1. The van der Waals surface area contributed by atoms with Crippen LogP contribution in [-0.4, -0.2) is 19.2 Å². The van der Waals surface area contributed by atoms with Gasteiger partial charge in [-0.05, 0) is 35.4 Å². The van der Waals surface area contributed by atoms with Crippen LogP contribution in [0.4, 0.5) is 10.1 Å². The third-order valence-electron chi connectivity index (χ3n) is 2.89. The lowest BCUT2D eigenvalue weighted by Crippen LogP contribution is -2.08. The van der Waals surface area contributed by atoms with Gasteiger partial charge >= 0.3 is 0 Å². The summed E-state index contributed by atoms with van der Waals surface area (Å²) in [6.07, 6.45) is -0.795. The van der Waals surface area contributed by atoms with Crippen LogP contribution in [0.2, 0.25) is 0 Å². The maximum Gasteiger partial charge on any atom is 0.123 e. The Labute approximate surface area is 106 Å². The molecule has 2 aromatic rings. The Hall–Kier alpha value is -1.87. The minimum Gasteiger partial charge on any atom is -0.384 e. The second kappa shape index (κ2) is 5.19. The van der Waals surface area contributed by atoms with Gasteiger partial charge in [-0.3, -0.25) is 0 Å². The van der Waals surface area contributed by atoms with Crippen LogP contribution in [0.25, 0.3) is 0 Å². The lowest BCUT2D eigenvalue weighted by Gasteiger charge is -2.15. The molecule has 0 bridgehead atoms. The molecule has 18 heavy (non-hydrogen) atoms. The van der Waals surface area contributed by atoms with Gasteiger partial charge in [-0.25, -0.2) is 4.39 Å². The van der Waals surface area contributed by atoms with Crippen molar-refractivity contribution in [2.45, 2.75) is 6.10 Å². The van der Waals surface area contributed by atoms with Crippen LogP contribution < -0.4 is 4.90 Å². The molecule has 0 aliphatic heterocycles. The van der Waals surface area contributed by atoms with Crippen LogP contribution in [0.15, 0.2) is 48.5 Å². The smallest absolute Gasteiger partial charge is 0.123 e. The van der Waals surface area contributed by atoms with Crippen LogP contribution in [0, 0.1) is 5.82 Å². The number of aliphatic hydroxyl groups is 1. The summed E-state index contributed by atoms with van der Waals surface area (Å²) in [4.78, 5) is 1.98. The molecule has 1 atom stereocenters. The second-order valence-corrected chi connectivity index (χ2v) is 4.44.